The van der Waals surface area contributed by atoms with Crippen molar-refractivity contribution in [2.75, 3.05) is 6.54 Å². The minimum atomic E-state index is 0.684. The van der Waals surface area contributed by atoms with Crippen LogP contribution in [-0.4, -0.2) is 12.6 Å². The third kappa shape index (κ3) is 16.8. The largest absolute Gasteiger partial charge is 0.226 e. The molecule has 1 rings (SSSR count). The lowest BCUT2D eigenvalue weighted by Gasteiger charge is -2.03. The predicted molar refractivity (Wildman–Crippen MR) is 124 cm³/mol. The van der Waals surface area contributed by atoms with Gasteiger partial charge in [-0.05, 0) is 12.0 Å². The molecule has 0 aliphatic carbocycles. The molecule has 0 saturated carbocycles. The molecule has 0 spiro atoms. The average Bonchev–Trinajstić information content (AvgIpc) is 2.73. The zero-order valence-corrected chi connectivity index (χ0v) is 18.5. The SMILES string of the molecule is CCCCCCCCCCCCCCCCCCN=C=NCc1ccccc1. The number of rotatable bonds is 19. The van der Waals surface area contributed by atoms with Crippen LogP contribution in [0.5, 0.6) is 0 Å². The van der Waals surface area contributed by atoms with E-state index in [1.807, 2.05) is 18.2 Å². The Morgan fingerprint density at radius 3 is 1.54 bits per heavy atom. The molecule has 0 aromatic heterocycles. The highest BCUT2D eigenvalue weighted by atomic mass is 14.8. The van der Waals surface area contributed by atoms with Crippen LogP contribution in [0.25, 0.3) is 0 Å². The Morgan fingerprint density at radius 1 is 0.571 bits per heavy atom. The van der Waals surface area contributed by atoms with Gasteiger partial charge in [-0.15, -0.1) is 0 Å². The van der Waals surface area contributed by atoms with E-state index in [0.29, 0.717) is 6.54 Å². The van der Waals surface area contributed by atoms with Crippen LogP contribution in [0.1, 0.15) is 115 Å². The van der Waals surface area contributed by atoms with Crippen molar-refractivity contribution < 1.29 is 0 Å². The highest BCUT2D eigenvalue weighted by Gasteiger charge is 1.94. The summed E-state index contributed by atoms with van der Waals surface area (Å²) in [5.41, 5.74) is 1.22. The molecule has 0 unspecified atom stereocenters. The van der Waals surface area contributed by atoms with Crippen LogP contribution in [0.3, 0.4) is 0 Å². The minimum absolute atomic E-state index is 0.684. The molecule has 0 amide bonds. The molecule has 2 heteroatoms. The van der Waals surface area contributed by atoms with Gasteiger partial charge in [0.05, 0.1) is 12.6 Å². The number of nitrogens with zero attached hydrogens (tertiary/aromatic N) is 2. The summed E-state index contributed by atoms with van der Waals surface area (Å²) in [5.74, 6) is 0. The van der Waals surface area contributed by atoms with Gasteiger partial charge in [0.1, 0.15) is 0 Å². The van der Waals surface area contributed by atoms with E-state index < -0.39 is 0 Å². The number of benzene rings is 1. The molecule has 0 aliphatic heterocycles. The van der Waals surface area contributed by atoms with E-state index in [1.165, 1.54) is 108 Å². The zero-order valence-electron chi connectivity index (χ0n) is 18.5. The summed E-state index contributed by atoms with van der Waals surface area (Å²) < 4.78 is 0. The van der Waals surface area contributed by atoms with Crippen molar-refractivity contribution >= 4 is 6.01 Å². The fraction of sp³-hybridized carbons (Fsp3) is 0.731. The van der Waals surface area contributed by atoms with E-state index in [0.717, 1.165) is 6.54 Å². The number of hydrogen-bond acceptors (Lipinski definition) is 2. The number of aliphatic imine (C=N–C) groups is 2. The molecule has 0 atom stereocenters. The average molecular weight is 385 g/mol. The van der Waals surface area contributed by atoms with Crippen molar-refractivity contribution in [3.63, 3.8) is 0 Å². The third-order valence-electron chi connectivity index (χ3n) is 5.37. The fourth-order valence-electron chi connectivity index (χ4n) is 3.55. The first-order chi connectivity index (χ1) is 13.9. The second kappa shape index (κ2) is 20.3. The summed E-state index contributed by atoms with van der Waals surface area (Å²) in [6, 6.07) is 13.1. The smallest absolute Gasteiger partial charge is 0.0896 e. The normalized spacial score (nSPS) is 10.6. The van der Waals surface area contributed by atoms with Gasteiger partial charge in [-0.2, -0.15) is 0 Å². The topological polar surface area (TPSA) is 24.7 Å². The van der Waals surface area contributed by atoms with E-state index in [1.54, 1.807) is 0 Å². The van der Waals surface area contributed by atoms with E-state index in [9.17, 15) is 0 Å². The maximum atomic E-state index is 4.27. The quantitative estimate of drug-likeness (QED) is 0.168. The summed E-state index contributed by atoms with van der Waals surface area (Å²) >= 11 is 0. The van der Waals surface area contributed by atoms with Crippen molar-refractivity contribution in [2.45, 2.75) is 116 Å². The Morgan fingerprint density at radius 2 is 1.04 bits per heavy atom. The zero-order chi connectivity index (χ0) is 20.0. The molecule has 0 N–H and O–H groups in total. The van der Waals surface area contributed by atoms with Crippen LogP contribution < -0.4 is 0 Å². The van der Waals surface area contributed by atoms with Gasteiger partial charge in [0.15, 0.2) is 0 Å². The first-order valence-corrected chi connectivity index (χ1v) is 12.1. The van der Waals surface area contributed by atoms with Crippen LogP contribution in [0.2, 0.25) is 0 Å². The maximum absolute atomic E-state index is 4.27. The van der Waals surface area contributed by atoms with Gasteiger partial charge in [-0.1, -0.05) is 134 Å². The predicted octanol–water partition coefficient (Wildman–Crippen LogP) is 8.62. The third-order valence-corrected chi connectivity index (χ3v) is 5.37. The van der Waals surface area contributed by atoms with Crippen molar-refractivity contribution in [1.29, 1.82) is 0 Å². The lowest BCUT2D eigenvalue weighted by Crippen LogP contribution is -1.85. The van der Waals surface area contributed by atoms with Crippen LogP contribution >= 0.6 is 0 Å². The number of unbranched alkanes of at least 4 members (excludes halogenated alkanes) is 15. The first kappa shape index (κ1) is 24.6. The summed E-state index contributed by atoms with van der Waals surface area (Å²) in [4.78, 5) is 8.51. The molecular weight excluding hydrogens is 340 g/mol. The minimum Gasteiger partial charge on any atom is -0.226 e. The second-order valence-corrected chi connectivity index (χ2v) is 8.09. The molecule has 0 bridgehead atoms. The molecule has 0 heterocycles. The van der Waals surface area contributed by atoms with Gasteiger partial charge in [0, 0.05) is 6.54 Å². The van der Waals surface area contributed by atoms with E-state index in [-0.39, 0.29) is 0 Å². The second-order valence-electron chi connectivity index (χ2n) is 8.09. The van der Waals surface area contributed by atoms with E-state index in [2.05, 4.69) is 35.0 Å². The Bertz CT molecular complexity index is 488. The highest BCUT2D eigenvalue weighted by molar-refractivity contribution is 5.41. The summed E-state index contributed by atoms with van der Waals surface area (Å²) in [6.45, 7) is 3.85. The van der Waals surface area contributed by atoms with Gasteiger partial charge in [-0.3, -0.25) is 0 Å². The molecule has 0 radical (unpaired) electrons. The fourth-order valence-corrected chi connectivity index (χ4v) is 3.55. The van der Waals surface area contributed by atoms with E-state index in [4.69, 9.17) is 0 Å². The molecule has 1 aromatic rings. The Kier molecular flexibility index (Phi) is 17.9. The van der Waals surface area contributed by atoms with Crippen molar-refractivity contribution in [1.82, 2.24) is 0 Å². The molecule has 1 aromatic carbocycles. The molecule has 0 saturated heterocycles. The number of hydrogen-bond donors (Lipinski definition) is 0. The van der Waals surface area contributed by atoms with Gasteiger partial charge >= 0.3 is 0 Å². The Labute approximate surface area is 175 Å². The monoisotopic (exact) mass is 384 g/mol. The standard InChI is InChI=1S/C26H44N2/c1-2-3-4-5-6-7-8-9-10-11-12-13-14-15-16-20-23-27-25-28-24-26-21-18-17-19-22-26/h17-19,21-22H,2-16,20,23-24H2,1H3. The lowest BCUT2D eigenvalue weighted by atomic mass is 10.0. The van der Waals surface area contributed by atoms with Crippen LogP contribution in [0, 0.1) is 0 Å². The van der Waals surface area contributed by atoms with Crippen LogP contribution in [0.4, 0.5) is 0 Å². The van der Waals surface area contributed by atoms with E-state index >= 15 is 0 Å². The van der Waals surface area contributed by atoms with Crippen molar-refractivity contribution in [3.05, 3.63) is 35.9 Å². The summed E-state index contributed by atoms with van der Waals surface area (Å²) in [5, 5.41) is 0. The molecule has 2 nitrogen and oxygen atoms in total. The van der Waals surface area contributed by atoms with Crippen molar-refractivity contribution in [2.24, 2.45) is 9.98 Å². The highest BCUT2D eigenvalue weighted by Crippen LogP contribution is 2.13. The lowest BCUT2D eigenvalue weighted by molar-refractivity contribution is 0.530. The summed E-state index contributed by atoms with van der Waals surface area (Å²) in [6.07, 6.45) is 22.5. The van der Waals surface area contributed by atoms with Gasteiger partial charge < -0.3 is 0 Å². The molecule has 158 valence electrons. The Balaban J connectivity index is 1.75. The Hall–Kier alpha value is -1.40. The van der Waals surface area contributed by atoms with Crippen molar-refractivity contribution in [3.8, 4) is 0 Å². The first-order valence-electron chi connectivity index (χ1n) is 12.1. The van der Waals surface area contributed by atoms with Crippen LogP contribution in [-0.2, 0) is 6.54 Å². The maximum Gasteiger partial charge on any atom is 0.0896 e. The molecule has 28 heavy (non-hydrogen) atoms. The van der Waals surface area contributed by atoms with Crippen LogP contribution in [0.15, 0.2) is 40.3 Å². The van der Waals surface area contributed by atoms with Gasteiger partial charge in [0.2, 0.25) is 0 Å². The van der Waals surface area contributed by atoms with Gasteiger partial charge in [-0.25, -0.2) is 9.98 Å². The molecule has 0 fully saturated rings. The van der Waals surface area contributed by atoms with Gasteiger partial charge in [0.25, 0.3) is 0 Å². The molecule has 0 aliphatic rings. The molecular formula is C26H44N2. The summed E-state index contributed by atoms with van der Waals surface area (Å²) in [7, 11) is 0.